The van der Waals surface area contributed by atoms with Crippen LogP contribution in [0, 0.1) is 5.92 Å². The molecule has 1 amide bonds. The van der Waals surface area contributed by atoms with Crippen LogP contribution in [-0.2, 0) is 26.3 Å². The largest absolute Gasteiger partial charge is 0.416 e. The first-order chi connectivity index (χ1) is 17.8. The molecule has 3 heterocycles. The molecular weight excluding hydrogens is 505 g/mol. The summed E-state index contributed by atoms with van der Waals surface area (Å²) in [6.45, 7) is 3.38. The van der Waals surface area contributed by atoms with E-state index >= 15 is 0 Å². The number of carbonyl (C=O) groups is 1. The Morgan fingerprint density at radius 3 is 2.61 bits per heavy atom. The van der Waals surface area contributed by atoms with Crippen LogP contribution in [0.1, 0.15) is 64.6 Å². The first kappa shape index (κ1) is 26.3. The third-order valence-electron chi connectivity index (χ3n) is 7.64. The highest BCUT2D eigenvalue weighted by Crippen LogP contribution is 2.41. The fourth-order valence-electron chi connectivity index (χ4n) is 5.38. The summed E-state index contributed by atoms with van der Waals surface area (Å²) in [5.41, 5.74) is 0.677. The number of alkyl halides is 5. The van der Waals surface area contributed by atoms with E-state index in [1.807, 2.05) is 20.0 Å². The molecule has 0 saturated carbocycles. The first-order valence-corrected chi connectivity index (χ1v) is 12.4. The van der Waals surface area contributed by atoms with E-state index in [0.717, 1.165) is 11.6 Å². The van der Waals surface area contributed by atoms with Gasteiger partial charge in [0.05, 0.1) is 12.1 Å². The summed E-state index contributed by atoms with van der Waals surface area (Å²) >= 11 is 0. The lowest BCUT2D eigenvalue weighted by molar-refractivity contribution is -0.138. The maximum absolute atomic E-state index is 14.1. The Hall–Kier alpha value is -3.34. The van der Waals surface area contributed by atoms with Gasteiger partial charge in [-0.05, 0) is 41.0 Å². The van der Waals surface area contributed by atoms with E-state index in [1.165, 1.54) is 17.9 Å². The highest BCUT2D eigenvalue weighted by atomic mass is 19.4. The van der Waals surface area contributed by atoms with Crippen molar-refractivity contribution < 1.29 is 26.7 Å². The van der Waals surface area contributed by atoms with Gasteiger partial charge < -0.3 is 9.47 Å². The number of benzene rings is 2. The van der Waals surface area contributed by atoms with Gasteiger partial charge in [0, 0.05) is 56.2 Å². The lowest BCUT2D eigenvalue weighted by Crippen LogP contribution is -2.45. The highest BCUT2D eigenvalue weighted by Gasteiger charge is 2.43. The molecule has 0 unspecified atom stereocenters. The van der Waals surface area contributed by atoms with Crippen LogP contribution in [-0.4, -0.2) is 44.6 Å². The number of rotatable bonds is 5. The summed E-state index contributed by atoms with van der Waals surface area (Å²) in [7, 11) is 1.82. The van der Waals surface area contributed by atoms with Crippen LogP contribution >= 0.6 is 0 Å². The zero-order valence-electron chi connectivity index (χ0n) is 21.3. The Morgan fingerprint density at radius 1 is 1.18 bits per heavy atom. The number of likely N-dealkylation sites (tertiary alicyclic amines) is 1. The molecule has 5 rings (SSSR count). The van der Waals surface area contributed by atoms with E-state index in [0.29, 0.717) is 11.5 Å². The van der Waals surface area contributed by atoms with Gasteiger partial charge in [0.25, 0.3) is 11.8 Å². The highest BCUT2D eigenvalue weighted by molar-refractivity contribution is 6.10. The van der Waals surface area contributed by atoms with Crippen LogP contribution < -0.4 is 4.90 Å². The van der Waals surface area contributed by atoms with Crippen LogP contribution in [0.4, 0.5) is 27.6 Å². The van der Waals surface area contributed by atoms with Gasteiger partial charge in [-0.3, -0.25) is 9.69 Å². The molecule has 6 nitrogen and oxygen atoms in total. The Labute approximate surface area is 217 Å². The second-order valence-electron chi connectivity index (χ2n) is 10.3. The van der Waals surface area contributed by atoms with Crippen molar-refractivity contribution in [3.63, 3.8) is 0 Å². The maximum Gasteiger partial charge on any atom is 0.416 e. The number of hydrogen-bond donors (Lipinski definition) is 0. The summed E-state index contributed by atoms with van der Waals surface area (Å²) < 4.78 is 72.0. The average Bonchev–Trinajstić information content (AvgIpc) is 3.43. The topological polar surface area (TPSA) is 54.3 Å². The van der Waals surface area contributed by atoms with Gasteiger partial charge in [-0.15, -0.1) is 10.2 Å². The number of hydrogen-bond acceptors (Lipinski definition) is 4. The van der Waals surface area contributed by atoms with E-state index in [9.17, 15) is 26.7 Å². The molecule has 2 aromatic carbocycles. The number of amides is 1. The molecule has 2 aliphatic rings. The van der Waals surface area contributed by atoms with E-state index in [-0.39, 0.29) is 55.2 Å². The first-order valence-electron chi connectivity index (χ1n) is 12.4. The zero-order valence-corrected chi connectivity index (χ0v) is 21.3. The zero-order chi connectivity index (χ0) is 27.4. The SMILES string of the molecule is C[C@@H](c1cccc(N2Cc3c(cc(CN4CCC(F)(F)[C@H](C)C4)cc3C(F)(F)F)C2=O)c1)c1nncn1C. The lowest BCUT2D eigenvalue weighted by atomic mass is 9.94. The predicted octanol–water partition coefficient (Wildman–Crippen LogP) is 5.62. The Bertz CT molecular complexity index is 1370. The summed E-state index contributed by atoms with van der Waals surface area (Å²) in [6, 6.07) is 9.65. The van der Waals surface area contributed by atoms with E-state index < -0.39 is 29.5 Å². The van der Waals surface area contributed by atoms with Crippen molar-refractivity contribution in [1.82, 2.24) is 19.7 Å². The van der Waals surface area contributed by atoms with E-state index in [1.54, 1.807) is 34.0 Å². The number of carbonyl (C=O) groups excluding carboxylic acids is 1. The van der Waals surface area contributed by atoms with Gasteiger partial charge in [0.1, 0.15) is 12.2 Å². The standard InChI is InChI=1S/C27H28F5N5O/c1-16-12-36(8-7-26(16,28)29)13-18-9-21-22(23(10-18)27(30,31)32)14-37(25(21)38)20-6-4-5-19(11-20)17(2)24-34-33-15-35(24)3/h4-6,9-11,15-17H,7-8,12-14H2,1-3H3/t16-,17+/m1/s1. The van der Waals surface area contributed by atoms with E-state index in [2.05, 4.69) is 10.2 Å². The second kappa shape index (κ2) is 9.44. The summed E-state index contributed by atoms with van der Waals surface area (Å²) in [5, 5.41) is 8.04. The minimum absolute atomic E-state index is 0.00281. The van der Waals surface area contributed by atoms with Crippen LogP contribution in [0.15, 0.2) is 42.7 Å². The van der Waals surface area contributed by atoms with Crippen LogP contribution in [0.2, 0.25) is 0 Å². The normalized spacial score (nSPS) is 20.6. The molecule has 11 heteroatoms. The number of nitrogens with zero attached hydrogens (tertiary/aromatic N) is 5. The molecule has 38 heavy (non-hydrogen) atoms. The van der Waals surface area contributed by atoms with Crippen molar-refractivity contribution in [3.05, 3.63) is 76.4 Å². The molecule has 0 bridgehead atoms. The van der Waals surface area contributed by atoms with Crippen LogP contribution in [0.3, 0.4) is 0 Å². The van der Waals surface area contributed by atoms with E-state index in [4.69, 9.17) is 0 Å². The average molecular weight is 534 g/mol. The third kappa shape index (κ3) is 4.79. The number of aromatic nitrogens is 3. The van der Waals surface area contributed by atoms with Crippen molar-refractivity contribution in [1.29, 1.82) is 0 Å². The van der Waals surface area contributed by atoms with Crippen molar-refractivity contribution in [2.75, 3.05) is 18.0 Å². The number of halogens is 5. The predicted molar refractivity (Wildman–Crippen MR) is 131 cm³/mol. The number of piperidine rings is 1. The van der Waals surface area contributed by atoms with Gasteiger partial charge in [-0.25, -0.2) is 8.78 Å². The number of aryl methyl sites for hydroxylation is 1. The fraction of sp³-hybridized carbons (Fsp3) is 0.444. The van der Waals surface area contributed by atoms with Gasteiger partial charge in [-0.2, -0.15) is 13.2 Å². The Morgan fingerprint density at radius 2 is 1.95 bits per heavy atom. The molecule has 2 atom stereocenters. The van der Waals surface area contributed by atoms with Crippen LogP contribution in [0.25, 0.3) is 0 Å². The fourth-order valence-corrected chi connectivity index (χ4v) is 5.38. The van der Waals surface area contributed by atoms with Crippen molar-refractivity contribution in [2.45, 2.75) is 51.4 Å². The molecule has 1 aromatic heterocycles. The smallest absolute Gasteiger partial charge is 0.320 e. The maximum atomic E-state index is 14.1. The molecule has 0 N–H and O–H groups in total. The minimum Gasteiger partial charge on any atom is -0.320 e. The summed E-state index contributed by atoms with van der Waals surface area (Å²) in [5.74, 6) is -3.65. The van der Waals surface area contributed by atoms with Crippen molar-refractivity contribution in [3.8, 4) is 0 Å². The van der Waals surface area contributed by atoms with Crippen LogP contribution in [0.5, 0.6) is 0 Å². The van der Waals surface area contributed by atoms with Gasteiger partial charge >= 0.3 is 6.18 Å². The monoisotopic (exact) mass is 533 g/mol. The molecule has 1 saturated heterocycles. The Balaban J connectivity index is 1.45. The molecule has 2 aliphatic heterocycles. The third-order valence-corrected chi connectivity index (χ3v) is 7.64. The van der Waals surface area contributed by atoms with Gasteiger partial charge in [-0.1, -0.05) is 26.0 Å². The molecular formula is C27H28F5N5O. The molecule has 0 radical (unpaired) electrons. The number of fused-ring (bicyclic) bond motifs is 1. The summed E-state index contributed by atoms with van der Waals surface area (Å²) in [4.78, 5) is 16.5. The molecule has 202 valence electrons. The quantitative estimate of drug-likeness (QED) is 0.400. The van der Waals surface area contributed by atoms with Crippen molar-refractivity contribution >= 4 is 11.6 Å². The summed E-state index contributed by atoms with van der Waals surface area (Å²) in [6.07, 6.45) is -3.43. The lowest BCUT2D eigenvalue weighted by Gasteiger charge is -2.36. The van der Waals surface area contributed by atoms with Crippen molar-refractivity contribution in [2.24, 2.45) is 13.0 Å². The molecule has 3 aromatic rings. The molecule has 1 fully saturated rings. The molecule has 0 spiro atoms. The minimum atomic E-state index is -4.67. The second-order valence-corrected chi connectivity index (χ2v) is 10.3. The number of anilines is 1. The molecule has 0 aliphatic carbocycles. The van der Waals surface area contributed by atoms with Gasteiger partial charge in [0.2, 0.25) is 0 Å². The Kier molecular flexibility index (Phi) is 6.53. The van der Waals surface area contributed by atoms with Gasteiger partial charge in [0.15, 0.2) is 0 Å².